The van der Waals surface area contributed by atoms with Crippen molar-refractivity contribution in [1.82, 2.24) is 4.90 Å². The summed E-state index contributed by atoms with van der Waals surface area (Å²) in [5.41, 5.74) is 2.77. The Kier molecular flexibility index (Phi) is 4.43. The van der Waals surface area contributed by atoms with Crippen LogP contribution in [0.3, 0.4) is 0 Å². The summed E-state index contributed by atoms with van der Waals surface area (Å²) in [5, 5.41) is 8.98. The van der Waals surface area contributed by atoms with Crippen LogP contribution in [0.5, 0.6) is 0 Å². The van der Waals surface area contributed by atoms with Gasteiger partial charge in [0.05, 0.1) is 13.2 Å². The normalized spacial score (nSPS) is 20.7. The third-order valence-corrected chi connectivity index (χ3v) is 4.43. The van der Waals surface area contributed by atoms with Crippen LogP contribution >= 0.6 is 0 Å². The number of carbonyl (C=O) groups excluding carboxylic acids is 2. The van der Waals surface area contributed by atoms with E-state index in [0.29, 0.717) is 5.56 Å². The van der Waals surface area contributed by atoms with Crippen LogP contribution in [0.4, 0.5) is 0 Å². The van der Waals surface area contributed by atoms with E-state index in [2.05, 4.69) is 0 Å². The van der Waals surface area contributed by atoms with Crippen molar-refractivity contribution < 1.29 is 24.2 Å². The quantitative estimate of drug-likeness (QED) is 0.666. The van der Waals surface area contributed by atoms with Gasteiger partial charge in [-0.25, -0.2) is 4.79 Å². The third kappa shape index (κ3) is 3.27. The molecule has 23 heavy (non-hydrogen) atoms. The summed E-state index contributed by atoms with van der Waals surface area (Å²) in [6.07, 6.45) is 3.14. The zero-order valence-electron chi connectivity index (χ0n) is 12.8. The Balaban J connectivity index is 1.74. The number of carbonyl (C=O) groups is 3. The molecule has 6 heteroatoms. The van der Waals surface area contributed by atoms with Gasteiger partial charge in [0.25, 0.3) is 5.91 Å². The van der Waals surface area contributed by atoms with Gasteiger partial charge in [-0.3, -0.25) is 9.59 Å². The zero-order chi connectivity index (χ0) is 16.4. The molecule has 0 aromatic heterocycles. The van der Waals surface area contributed by atoms with Gasteiger partial charge in [-0.1, -0.05) is 12.1 Å². The molecule has 0 saturated carbocycles. The number of Topliss-reactive ketones (excluding diaryl/α,β-unsaturated/α-hetero) is 1. The second kappa shape index (κ2) is 6.50. The summed E-state index contributed by atoms with van der Waals surface area (Å²) in [4.78, 5) is 37.0. The maximum absolute atomic E-state index is 12.4. The predicted molar refractivity (Wildman–Crippen MR) is 81.4 cm³/mol. The Hall–Kier alpha value is -2.21. The number of morpholine rings is 1. The van der Waals surface area contributed by atoms with Crippen molar-refractivity contribution in [3.63, 3.8) is 0 Å². The Morgan fingerprint density at radius 1 is 1.13 bits per heavy atom. The SMILES string of the molecule is O=C(C(=O)N1CCO[C@@H](C(=O)O)C1)c1ccc2c(c1)CCCC2. The second-order valence-electron chi connectivity index (χ2n) is 5.97. The van der Waals surface area contributed by atoms with Crippen LogP contribution in [0.2, 0.25) is 0 Å². The van der Waals surface area contributed by atoms with Crippen LogP contribution < -0.4 is 0 Å². The van der Waals surface area contributed by atoms with Gasteiger partial charge in [0.2, 0.25) is 5.78 Å². The smallest absolute Gasteiger partial charge is 0.334 e. The highest BCUT2D eigenvalue weighted by Gasteiger charge is 2.32. The predicted octanol–water partition coefficient (Wildman–Crippen LogP) is 1.06. The highest BCUT2D eigenvalue weighted by molar-refractivity contribution is 6.42. The first kappa shape index (κ1) is 15.7. The van der Waals surface area contributed by atoms with Gasteiger partial charge in [-0.05, 0) is 42.9 Å². The molecule has 0 bridgehead atoms. The van der Waals surface area contributed by atoms with E-state index in [-0.39, 0.29) is 19.7 Å². The summed E-state index contributed by atoms with van der Waals surface area (Å²) in [6.45, 7) is 0.268. The maximum atomic E-state index is 12.4. The standard InChI is InChI=1S/C17H19NO5/c19-15(13-6-5-11-3-1-2-4-12(11)9-13)16(20)18-7-8-23-14(10-18)17(21)22/h5-6,9,14H,1-4,7-8,10H2,(H,21,22)/t14-/m1/s1. The van der Waals surface area contributed by atoms with Gasteiger partial charge in [-0.2, -0.15) is 0 Å². The number of fused-ring (bicyclic) bond motifs is 1. The van der Waals surface area contributed by atoms with Crippen LogP contribution in [-0.4, -0.2) is 53.5 Å². The first-order valence-corrected chi connectivity index (χ1v) is 7.86. The number of ketones is 1. The number of hydrogen-bond acceptors (Lipinski definition) is 4. The van der Waals surface area contributed by atoms with Crippen molar-refractivity contribution in [2.24, 2.45) is 0 Å². The first-order valence-electron chi connectivity index (χ1n) is 7.86. The van der Waals surface area contributed by atoms with Crippen LogP contribution in [-0.2, 0) is 27.2 Å². The topological polar surface area (TPSA) is 83.9 Å². The molecule has 122 valence electrons. The summed E-state index contributed by atoms with van der Waals surface area (Å²) >= 11 is 0. The largest absolute Gasteiger partial charge is 0.479 e. The van der Waals surface area contributed by atoms with Crippen LogP contribution in [0, 0.1) is 0 Å². The zero-order valence-corrected chi connectivity index (χ0v) is 12.8. The fraction of sp³-hybridized carbons (Fsp3) is 0.471. The molecule has 1 atom stereocenters. The highest BCUT2D eigenvalue weighted by Crippen LogP contribution is 2.22. The molecule has 6 nitrogen and oxygen atoms in total. The van der Waals surface area contributed by atoms with Crippen LogP contribution in [0.25, 0.3) is 0 Å². The van der Waals surface area contributed by atoms with Crippen LogP contribution in [0.15, 0.2) is 18.2 Å². The maximum Gasteiger partial charge on any atom is 0.334 e. The summed E-state index contributed by atoms with van der Waals surface area (Å²) in [5.74, 6) is -2.36. The number of amides is 1. The van der Waals surface area contributed by atoms with E-state index in [4.69, 9.17) is 9.84 Å². The highest BCUT2D eigenvalue weighted by atomic mass is 16.5. The summed E-state index contributed by atoms with van der Waals surface area (Å²) in [7, 11) is 0. The number of ether oxygens (including phenoxy) is 1. The van der Waals surface area contributed by atoms with Crippen molar-refractivity contribution >= 4 is 17.7 Å². The number of nitrogens with zero attached hydrogens (tertiary/aromatic N) is 1. The molecule has 1 N–H and O–H groups in total. The van der Waals surface area contributed by atoms with Gasteiger partial charge < -0.3 is 14.7 Å². The van der Waals surface area contributed by atoms with Crippen LogP contribution in [0.1, 0.15) is 34.3 Å². The fourth-order valence-electron chi connectivity index (χ4n) is 3.12. The number of carboxylic acids is 1. The number of hydrogen-bond donors (Lipinski definition) is 1. The Morgan fingerprint density at radius 3 is 2.61 bits per heavy atom. The number of aryl methyl sites for hydroxylation is 2. The molecular weight excluding hydrogens is 298 g/mol. The molecular formula is C17H19NO5. The average molecular weight is 317 g/mol. The van der Waals surface area contributed by atoms with E-state index in [1.165, 1.54) is 10.5 Å². The Labute approximate surface area is 134 Å². The molecule has 0 spiro atoms. The lowest BCUT2D eigenvalue weighted by Gasteiger charge is -2.30. The van der Waals surface area contributed by atoms with Gasteiger partial charge in [0.15, 0.2) is 6.10 Å². The lowest BCUT2D eigenvalue weighted by atomic mass is 9.89. The van der Waals surface area contributed by atoms with Crippen molar-refractivity contribution in [3.8, 4) is 0 Å². The molecule has 0 unspecified atom stereocenters. The van der Waals surface area contributed by atoms with Crippen molar-refractivity contribution in [2.75, 3.05) is 19.7 Å². The molecule has 1 aromatic carbocycles. The van der Waals surface area contributed by atoms with Gasteiger partial charge in [0.1, 0.15) is 0 Å². The van der Waals surface area contributed by atoms with Crippen molar-refractivity contribution in [1.29, 1.82) is 0 Å². The molecule has 1 aliphatic carbocycles. The second-order valence-corrected chi connectivity index (χ2v) is 5.97. The minimum atomic E-state index is -1.12. The fourth-order valence-corrected chi connectivity index (χ4v) is 3.12. The monoisotopic (exact) mass is 317 g/mol. The number of rotatable bonds is 3. The molecule has 2 aliphatic rings. The third-order valence-electron chi connectivity index (χ3n) is 4.43. The van der Waals surface area contributed by atoms with E-state index in [1.54, 1.807) is 6.07 Å². The van der Waals surface area contributed by atoms with E-state index in [0.717, 1.165) is 31.2 Å². The van der Waals surface area contributed by atoms with Crippen molar-refractivity contribution in [2.45, 2.75) is 31.8 Å². The molecule has 1 heterocycles. The average Bonchev–Trinajstić information content (AvgIpc) is 2.60. The Bertz CT molecular complexity index is 654. The number of benzene rings is 1. The lowest BCUT2D eigenvalue weighted by molar-refractivity contribution is -0.158. The number of aliphatic carboxylic acids is 1. The van der Waals surface area contributed by atoms with E-state index >= 15 is 0 Å². The molecule has 1 aromatic rings. The van der Waals surface area contributed by atoms with E-state index in [9.17, 15) is 14.4 Å². The summed E-state index contributed by atoms with van der Waals surface area (Å²) < 4.78 is 5.07. The minimum absolute atomic E-state index is 0.0924. The van der Waals surface area contributed by atoms with Gasteiger partial charge >= 0.3 is 5.97 Å². The van der Waals surface area contributed by atoms with E-state index < -0.39 is 23.8 Å². The van der Waals surface area contributed by atoms with Gasteiger partial charge in [-0.15, -0.1) is 0 Å². The molecule has 3 rings (SSSR count). The summed E-state index contributed by atoms with van der Waals surface area (Å²) in [6, 6.07) is 5.43. The molecule has 1 fully saturated rings. The molecule has 0 radical (unpaired) electrons. The molecule has 1 saturated heterocycles. The van der Waals surface area contributed by atoms with E-state index in [1.807, 2.05) is 12.1 Å². The minimum Gasteiger partial charge on any atom is -0.479 e. The lowest BCUT2D eigenvalue weighted by Crippen LogP contribution is -2.50. The number of carboxylic acid groups (broad SMARTS) is 1. The van der Waals surface area contributed by atoms with Crippen molar-refractivity contribution in [3.05, 3.63) is 34.9 Å². The first-order chi connectivity index (χ1) is 11.1. The molecule has 1 aliphatic heterocycles. The Morgan fingerprint density at radius 2 is 1.87 bits per heavy atom. The van der Waals surface area contributed by atoms with Gasteiger partial charge in [0, 0.05) is 12.1 Å². The molecule has 1 amide bonds.